The normalized spacial score (nSPS) is 10.1. The Morgan fingerprint density at radius 2 is 2.36 bits per heavy atom. The molecule has 0 aliphatic rings. The second kappa shape index (κ2) is 4.64. The van der Waals surface area contributed by atoms with E-state index in [-0.39, 0.29) is 5.69 Å². The van der Waals surface area contributed by atoms with Gasteiger partial charge in [0, 0.05) is 12.6 Å². The van der Waals surface area contributed by atoms with Crippen molar-refractivity contribution in [2.75, 3.05) is 12.3 Å². The summed E-state index contributed by atoms with van der Waals surface area (Å²) in [6.45, 7) is 4.83. The number of carbonyl (C=O) groups is 1. The van der Waals surface area contributed by atoms with E-state index < -0.39 is 5.97 Å². The second-order valence-electron chi connectivity index (χ2n) is 2.90. The van der Waals surface area contributed by atoms with E-state index in [9.17, 15) is 4.79 Å². The van der Waals surface area contributed by atoms with Crippen LogP contribution in [-0.2, 0) is 11.3 Å². The Morgan fingerprint density at radius 3 is 2.93 bits per heavy atom. The molecule has 1 heterocycles. The highest BCUT2D eigenvalue weighted by atomic mass is 16.5. The molecule has 1 aromatic rings. The van der Waals surface area contributed by atoms with Gasteiger partial charge in [-0.3, -0.25) is 0 Å². The van der Waals surface area contributed by atoms with Gasteiger partial charge in [-0.2, -0.15) is 5.10 Å². The molecule has 0 saturated carbocycles. The smallest absolute Gasteiger partial charge is 0.358 e. The summed E-state index contributed by atoms with van der Waals surface area (Å²) in [5.41, 5.74) is 5.93. The molecule has 78 valence electrons. The minimum atomic E-state index is -0.422. The summed E-state index contributed by atoms with van der Waals surface area (Å²) in [5, 5.41) is 4.04. The van der Waals surface area contributed by atoms with Gasteiger partial charge in [0.25, 0.3) is 0 Å². The Bertz CT molecular complexity index is 320. The summed E-state index contributed by atoms with van der Waals surface area (Å²) in [7, 11) is 0. The van der Waals surface area contributed by atoms with Crippen LogP contribution in [-0.4, -0.2) is 22.4 Å². The monoisotopic (exact) mass is 197 g/mol. The Hall–Kier alpha value is -1.52. The molecular formula is C9H15N3O2. The number of carbonyl (C=O) groups excluding carboxylic acids is 1. The molecule has 5 nitrogen and oxygen atoms in total. The lowest BCUT2D eigenvalue weighted by Crippen LogP contribution is -2.07. The molecule has 0 aliphatic heterocycles. The maximum Gasteiger partial charge on any atom is 0.358 e. The predicted molar refractivity (Wildman–Crippen MR) is 52.9 cm³/mol. The average Bonchev–Trinajstić information content (AvgIpc) is 2.49. The van der Waals surface area contributed by atoms with Gasteiger partial charge >= 0.3 is 5.97 Å². The van der Waals surface area contributed by atoms with E-state index in [1.807, 2.05) is 6.92 Å². The zero-order chi connectivity index (χ0) is 10.6. The number of nitrogen functional groups attached to an aromatic ring is 1. The molecular weight excluding hydrogens is 182 g/mol. The Balaban J connectivity index is 2.79. The van der Waals surface area contributed by atoms with Gasteiger partial charge < -0.3 is 10.5 Å². The number of aryl methyl sites for hydroxylation is 1. The fourth-order valence-corrected chi connectivity index (χ4v) is 1.13. The summed E-state index contributed by atoms with van der Waals surface area (Å²) >= 11 is 0. The SMILES string of the molecule is CCCn1nc(C(=O)OCC)cc1N. The third-order valence-corrected chi connectivity index (χ3v) is 1.73. The van der Waals surface area contributed by atoms with Crippen molar-refractivity contribution >= 4 is 11.8 Å². The summed E-state index contributed by atoms with van der Waals surface area (Å²) in [4.78, 5) is 11.3. The molecule has 0 radical (unpaired) electrons. The third-order valence-electron chi connectivity index (χ3n) is 1.73. The topological polar surface area (TPSA) is 70.1 Å². The Labute approximate surface area is 82.8 Å². The molecule has 0 aromatic carbocycles. The lowest BCUT2D eigenvalue weighted by atomic mass is 10.4. The molecule has 1 rings (SSSR count). The van der Waals surface area contributed by atoms with E-state index in [1.54, 1.807) is 11.6 Å². The first-order chi connectivity index (χ1) is 6.69. The van der Waals surface area contributed by atoms with E-state index >= 15 is 0 Å². The average molecular weight is 197 g/mol. The van der Waals surface area contributed by atoms with Gasteiger partial charge in [-0.1, -0.05) is 6.92 Å². The van der Waals surface area contributed by atoms with Crippen molar-refractivity contribution in [2.24, 2.45) is 0 Å². The van der Waals surface area contributed by atoms with Gasteiger partial charge in [-0.25, -0.2) is 9.48 Å². The number of ether oxygens (including phenoxy) is 1. The molecule has 14 heavy (non-hydrogen) atoms. The number of rotatable bonds is 4. The highest BCUT2D eigenvalue weighted by Gasteiger charge is 2.12. The van der Waals surface area contributed by atoms with Crippen molar-refractivity contribution in [3.8, 4) is 0 Å². The molecule has 0 aliphatic carbocycles. The molecule has 1 aromatic heterocycles. The van der Waals surface area contributed by atoms with Crippen LogP contribution in [0.1, 0.15) is 30.8 Å². The Kier molecular flexibility index (Phi) is 3.50. The van der Waals surface area contributed by atoms with Gasteiger partial charge in [0.05, 0.1) is 6.61 Å². The molecule has 0 bridgehead atoms. The van der Waals surface area contributed by atoms with Crippen LogP contribution in [0.15, 0.2) is 6.07 Å². The number of nitrogens with two attached hydrogens (primary N) is 1. The van der Waals surface area contributed by atoms with Gasteiger partial charge in [0.15, 0.2) is 5.69 Å². The highest BCUT2D eigenvalue weighted by Crippen LogP contribution is 2.08. The fraction of sp³-hybridized carbons (Fsp3) is 0.556. The Morgan fingerprint density at radius 1 is 1.64 bits per heavy atom. The first-order valence-electron chi connectivity index (χ1n) is 4.69. The fourth-order valence-electron chi connectivity index (χ4n) is 1.13. The summed E-state index contributed by atoms with van der Waals surface area (Å²) in [5.74, 6) is 0.0731. The van der Waals surface area contributed by atoms with E-state index in [0.29, 0.717) is 19.0 Å². The first kappa shape index (κ1) is 10.6. The van der Waals surface area contributed by atoms with Gasteiger partial charge in [-0.05, 0) is 13.3 Å². The largest absolute Gasteiger partial charge is 0.461 e. The van der Waals surface area contributed by atoms with E-state index in [2.05, 4.69) is 5.10 Å². The number of nitrogens with zero attached hydrogens (tertiary/aromatic N) is 2. The maximum absolute atomic E-state index is 11.3. The molecule has 0 unspecified atom stereocenters. The van der Waals surface area contributed by atoms with E-state index in [0.717, 1.165) is 6.42 Å². The van der Waals surface area contributed by atoms with Gasteiger partial charge in [0.2, 0.25) is 0 Å². The lowest BCUT2D eigenvalue weighted by Gasteiger charge is -1.99. The van der Waals surface area contributed by atoms with E-state index in [1.165, 1.54) is 6.07 Å². The zero-order valence-corrected chi connectivity index (χ0v) is 8.49. The second-order valence-corrected chi connectivity index (χ2v) is 2.90. The van der Waals surface area contributed by atoms with Crippen molar-refractivity contribution in [3.63, 3.8) is 0 Å². The van der Waals surface area contributed by atoms with Crippen LogP contribution in [0.3, 0.4) is 0 Å². The summed E-state index contributed by atoms with van der Waals surface area (Å²) in [6, 6.07) is 1.54. The van der Waals surface area contributed by atoms with Crippen LogP contribution < -0.4 is 5.73 Å². The molecule has 0 spiro atoms. The minimum Gasteiger partial charge on any atom is -0.461 e. The van der Waals surface area contributed by atoms with Crippen molar-refractivity contribution < 1.29 is 9.53 Å². The highest BCUT2D eigenvalue weighted by molar-refractivity contribution is 5.88. The van der Waals surface area contributed by atoms with E-state index in [4.69, 9.17) is 10.5 Å². The van der Waals surface area contributed by atoms with Crippen molar-refractivity contribution in [1.29, 1.82) is 0 Å². The van der Waals surface area contributed by atoms with Crippen molar-refractivity contribution in [1.82, 2.24) is 9.78 Å². The number of hydrogen-bond acceptors (Lipinski definition) is 4. The maximum atomic E-state index is 11.3. The number of aromatic nitrogens is 2. The van der Waals surface area contributed by atoms with Crippen LogP contribution in [0, 0.1) is 0 Å². The van der Waals surface area contributed by atoms with Crippen LogP contribution in [0.2, 0.25) is 0 Å². The lowest BCUT2D eigenvalue weighted by molar-refractivity contribution is 0.0518. The quantitative estimate of drug-likeness (QED) is 0.732. The molecule has 2 N–H and O–H groups in total. The molecule has 5 heteroatoms. The van der Waals surface area contributed by atoms with Crippen molar-refractivity contribution in [2.45, 2.75) is 26.8 Å². The molecule has 0 fully saturated rings. The van der Waals surface area contributed by atoms with Gasteiger partial charge in [0.1, 0.15) is 5.82 Å². The first-order valence-corrected chi connectivity index (χ1v) is 4.69. The standard InChI is InChI=1S/C9H15N3O2/c1-3-5-12-8(10)6-7(11-12)9(13)14-4-2/h6H,3-5,10H2,1-2H3. The molecule has 0 amide bonds. The predicted octanol–water partition coefficient (Wildman–Crippen LogP) is 1.05. The molecule has 0 atom stereocenters. The van der Waals surface area contributed by atoms with Crippen LogP contribution in [0.25, 0.3) is 0 Å². The number of hydrogen-bond donors (Lipinski definition) is 1. The van der Waals surface area contributed by atoms with Crippen molar-refractivity contribution in [3.05, 3.63) is 11.8 Å². The van der Waals surface area contributed by atoms with Crippen LogP contribution in [0.5, 0.6) is 0 Å². The number of esters is 1. The van der Waals surface area contributed by atoms with Crippen LogP contribution >= 0.6 is 0 Å². The van der Waals surface area contributed by atoms with Gasteiger partial charge in [-0.15, -0.1) is 0 Å². The molecule has 0 saturated heterocycles. The third kappa shape index (κ3) is 2.25. The minimum absolute atomic E-state index is 0.276. The summed E-state index contributed by atoms with van der Waals surface area (Å²) < 4.78 is 6.41. The van der Waals surface area contributed by atoms with Crippen LogP contribution in [0.4, 0.5) is 5.82 Å². The summed E-state index contributed by atoms with van der Waals surface area (Å²) in [6.07, 6.45) is 0.925. The number of anilines is 1. The zero-order valence-electron chi connectivity index (χ0n) is 8.49.